The smallest absolute Gasteiger partial charge is 0.419 e. The minimum Gasteiger partial charge on any atom is -0.469 e. The predicted molar refractivity (Wildman–Crippen MR) is 127 cm³/mol. The Kier molecular flexibility index (Phi) is 8.68. The van der Waals surface area contributed by atoms with E-state index in [1.165, 1.54) is 0 Å². The number of carbonyl (C=O) groups excluding carboxylic acids is 2. The largest absolute Gasteiger partial charge is 0.469 e. The van der Waals surface area contributed by atoms with Gasteiger partial charge in [-0.25, -0.2) is 9.18 Å². The molecule has 190 valence electrons. The summed E-state index contributed by atoms with van der Waals surface area (Å²) >= 11 is 0. The summed E-state index contributed by atoms with van der Waals surface area (Å²) in [6.07, 6.45) is -5.26. The Bertz CT molecular complexity index is 1210. The molecule has 1 unspecified atom stereocenters. The maximum atomic E-state index is 14.8. The Hall–Kier alpha value is -3.88. The molecule has 0 heterocycles. The summed E-state index contributed by atoms with van der Waals surface area (Å²) in [5.41, 5.74) is 0.0734. The Morgan fingerprint density at radius 1 is 1.00 bits per heavy atom. The van der Waals surface area contributed by atoms with E-state index < -0.39 is 47.6 Å². The molecule has 0 fully saturated rings. The van der Waals surface area contributed by atoms with Gasteiger partial charge in [0.25, 0.3) is 0 Å². The van der Waals surface area contributed by atoms with E-state index in [1.807, 2.05) is 37.3 Å². The van der Waals surface area contributed by atoms with Gasteiger partial charge in [0.2, 0.25) is 0 Å². The van der Waals surface area contributed by atoms with Crippen molar-refractivity contribution in [2.24, 2.45) is 0 Å². The van der Waals surface area contributed by atoms with Crippen molar-refractivity contribution in [2.75, 3.05) is 7.11 Å². The summed E-state index contributed by atoms with van der Waals surface area (Å²) < 4.78 is 59.9. The van der Waals surface area contributed by atoms with Crippen molar-refractivity contribution in [1.82, 2.24) is 10.6 Å². The highest BCUT2D eigenvalue weighted by Crippen LogP contribution is 2.38. The predicted octanol–water partition coefficient (Wildman–Crippen LogP) is 6.18. The number of esters is 1. The van der Waals surface area contributed by atoms with E-state index in [1.54, 1.807) is 24.3 Å². The fraction of sp³-hybridized carbons (Fsp3) is 0.259. The lowest BCUT2D eigenvalue weighted by Gasteiger charge is -2.22. The molecular weight excluding hydrogens is 476 g/mol. The third-order valence-electron chi connectivity index (χ3n) is 5.67. The van der Waals surface area contributed by atoms with Crippen LogP contribution in [0.1, 0.15) is 41.6 Å². The van der Waals surface area contributed by atoms with Crippen molar-refractivity contribution in [3.8, 4) is 11.1 Å². The summed E-state index contributed by atoms with van der Waals surface area (Å²) in [4.78, 5) is 24.3. The number of benzene rings is 3. The first kappa shape index (κ1) is 26.7. The second-order valence-electron chi connectivity index (χ2n) is 8.10. The molecule has 0 saturated carbocycles. The molecule has 2 N–H and O–H groups in total. The van der Waals surface area contributed by atoms with Crippen molar-refractivity contribution in [3.63, 3.8) is 0 Å². The number of methoxy groups -OCH3 is 1. The maximum Gasteiger partial charge on any atom is 0.419 e. The molecule has 1 atom stereocenters. The van der Waals surface area contributed by atoms with Crippen LogP contribution in [0.3, 0.4) is 0 Å². The molecule has 0 aliphatic carbocycles. The van der Waals surface area contributed by atoms with E-state index in [9.17, 15) is 27.2 Å². The standard InChI is InChI=1S/C27H26F4N2O3/c1-3-23(33-26(35)32-16-17-9-5-4-6-10-17)21-12-8-7-11-20(21)18-13-19(15-24(34)36-2)25(22(28)14-18)27(29,30)31/h4-14,23H,3,15-16H2,1-2H3,(H2,32,33,35). The maximum absolute atomic E-state index is 14.8. The lowest BCUT2D eigenvalue weighted by atomic mass is 9.90. The van der Waals surface area contributed by atoms with E-state index in [4.69, 9.17) is 0 Å². The molecule has 0 spiro atoms. The molecule has 5 nitrogen and oxygen atoms in total. The van der Waals surface area contributed by atoms with Gasteiger partial charge in [-0.15, -0.1) is 0 Å². The van der Waals surface area contributed by atoms with Crippen LogP contribution >= 0.6 is 0 Å². The van der Waals surface area contributed by atoms with Gasteiger partial charge in [-0.05, 0) is 46.4 Å². The number of alkyl halides is 3. The van der Waals surface area contributed by atoms with Crippen LogP contribution in [-0.4, -0.2) is 19.1 Å². The first-order valence-electron chi connectivity index (χ1n) is 11.3. The normalized spacial score (nSPS) is 12.1. The molecule has 0 bridgehead atoms. The van der Waals surface area contributed by atoms with Crippen LogP contribution in [0, 0.1) is 5.82 Å². The second kappa shape index (κ2) is 11.7. The molecule has 36 heavy (non-hydrogen) atoms. The number of ether oxygens (including phenoxy) is 1. The zero-order valence-corrected chi connectivity index (χ0v) is 19.8. The Morgan fingerprint density at radius 3 is 2.31 bits per heavy atom. The van der Waals surface area contributed by atoms with Crippen molar-refractivity contribution in [3.05, 3.63) is 94.8 Å². The van der Waals surface area contributed by atoms with Crippen molar-refractivity contribution >= 4 is 12.0 Å². The number of carbonyl (C=O) groups is 2. The average molecular weight is 503 g/mol. The fourth-order valence-electron chi connectivity index (χ4n) is 3.95. The number of rotatable bonds is 8. The highest BCUT2D eigenvalue weighted by Gasteiger charge is 2.38. The lowest BCUT2D eigenvalue weighted by molar-refractivity contribution is -0.142. The van der Waals surface area contributed by atoms with Crippen molar-refractivity contribution in [2.45, 2.75) is 38.5 Å². The van der Waals surface area contributed by atoms with Crippen molar-refractivity contribution < 1.29 is 31.9 Å². The average Bonchev–Trinajstić information content (AvgIpc) is 2.85. The summed E-state index contributed by atoms with van der Waals surface area (Å²) in [6.45, 7) is 2.15. The molecule has 0 aliphatic rings. The van der Waals surface area contributed by atoms with Crippen molar-refractivity contribution in [1.29, 1.82) is 0 Å². The molecule has 0 aliphatic heterocycles. The quantitative estimate of drug-likeness (QED) is 0.286. The lowest BCUT2D eigenvalue weighted by Crippen LogP contribution is -2.37. The third-order valence-corrected chi connectivity index (χ3v) is 5.67. The van der Waals surface area contributed by atoms with Crippen LogP contribution < -0.4 is 10.6 Å². The Labute approximate surface area is 206 Å². The van der Waals surface area contributed by atoms with Gasteiger partial charge in [0, 0.05) is 6.54 Å². The van der Waals surface area contributed by atoms with Gasteiger partial charge < -0.3 is 15.4 Å². The van der Waals surface area contributed by atoms with E-state index in [2.05, 4.69) is 15.4 Å². The van der Waals surface area contributed by atoms with Crippen LogP contribution in [-0.2, 0) is 28.7 Å². The molecule has 9 heteroatoms. The van der Waals surface area contributed by atoms with E-state index in [0.29, 0.717) is 24.1 Å². The minimum absolute atomic E-state index is 0.153. The van der Waals surface area contributed by atoms with E-state index >= 15 is 0 Å². The van der Waals surface area contributed by atoms with Gasteiger partial charge in [0.15, 0.2) is 0 Å². The summed E-state index contributed by atoms with van der Waals surface area (Å²) in [5, 5.41) is 5.65. The summed E-state index contributed by atoms with van der Waals surface area (Å²) in [5.74, 6) is -2.41. The topological polar surface area (TPSA) is 67.4 Å². The molecule has 0 saturated heterocycles. The molecule has 2 amide bonds. The number of hydrogen-bond acceptors (Lipinski definition) is 3. The monoisotopic (exact) mass is 502 g/mol. The van der Waals surface area contributed by atoms with E-state index in [0.717, 1.165) is 24.8 Å². The number of nitrogens with one attached hydrogen (secondary N) is 2. The number of hydrogen-bond donors (Lipinski definition) is 2. The third kappa shape index (κ3) is 6.62. The zero-order valence-electron chi connectivity index (χ0n) is 19.8. The van der Waals surface area contributed by atoms with Crippen LogP contribution in [0.4, 0.5) is 22.4 Å². The molecule has 3 aromatic carbocycles. The van der Waals surface area contributed by atoms with Crippen LogP contribution in [0.2, 0.25) is 0 Å². The van der Waals surface area contributed by atoms with Gasteiger partial charge in [-0.1, -0.05) is 61.5 Å². The molecule has 3 aromatic rings. The SMILES string of the molecule is CCC(NC(=O)NCc1ccccc1)c1ccccc1-c1cc(F)c(C(F)(F)F)c(CC(=O)OC)c1. The Balaban J connectivity index is 1.94. The van der Waals surface area contributed by atoms with Gasteiger partial charge in [0.05, 0.1) is 25.1 Å². The van der Waals surface area contributed by atoms with E-state index in [-0.39, 0.29) is 5.56 Å². The first-order chi connectivity index (χ1) is 17.1. The van der Waals surface area contributed by atoms with Crippen LogP contribution in [0.5, 0.6) is 0 Å². The zero-order chi connectivity index (χ0) is 26.3. The van der Waals surface area contributed by atoms with Gasteiger partial charge in [-0.2, -0.15) is 13.2 Å². The van der Waals surface area contributed by atoms with Gasteiger partial charge in [0.1, 0.15) is 5.82 Å². The number of halogens is 4. The molecular formula is C27H26F4N2O3. The second-order valence-corrected chi connectivity index (χ2v) is 8.10. The van der Waals surface area contributed by atoms with Gasteiger partial charge >= 0.3 is 18.2 Å². The molecule has 3 rings (SSSR count). The van der Waals surface area contributed by atoms with Gasteiger partial charge in [-0.3, -0.25) is 4.79 Å². The minimum atomic E-state index is -4.99. The fourth-order valence-corrected chi connectivity index (χ4v) is 3.95. The van der Waals surface area contributed by atoms with Crippen LogP contribution in [0.25, 0.3) is 11.1 Å². The molecule has 0 aromatic heterocycles. The summed E-state index contributed by atoms with van der Waals surface area (Å²) in [7, 11) is 1.05. The highest BCUT2D eigenvalue weighted by molar-refractivity contribution is 5.77. The summed E-state index contributed by atoms with van der Waals surface area (Å²) in [6, 6.07) is 17.1. The Morgan fingerprint density at radius 2 is 1.67 bits per heavy atom. The number of amides is 2. The number of urea groups is 1. The van der Waals surface area contributed by atoms with Crippen LogP contribution in [0.15, 0.2) is 66.7 Å². The first-order valence-corrected chi connectivity index (χ1v) is 11.3. The highest BCUT2D eigenvalue weighted by atomic mass is 19.4. The molecule has 0 radical (unpaired) electrons.